The van der Waals surface area contributed by atoms with Crippen LogP contribution in [0.5, 0.6) is 0 Å². The molecule has 0 saturated carbocycles. The van der Waals surface area contributed by atoms with Crippen LogP contribution in [0.15, 0.2) is 18.2 Å². The molecule has 0 fully saturated rings. The summed E-state index contributed by atoms with van der Waals surface area (Å²) in [5.74, 6) is -2.10. The van der Waals surface area contributed by atoms with E-state index in [1.165, 1.54) is 12.1 Å². The Balaban J connectivity index is 2.74. The molecule has 0 heterocycles. The van der Waals surface area contributed by atoms with E-state index in [0.717, 1.165) is 6.07 Å². The molecular formula is C13H18FN3O3. The predicted octanol–water partition coefficient (Wildman–Crippen LogP) is 1.60. The number of carboxylic acid groups (broad SMARTS) is 1. The maximum atomic E-state index is 13.6. The maximum absolute atomic E-state index is 13.6. The van der Waals surface area contributed by atoms with Crippen molar-refractivity contribution >= 4 is 17.7 Å². The lowest BCUT2D eigenvalue weighted by Gasteiger charge is -2.20. The van der Waals surface area contributed by atoms with Crippen LogP contribution in [0.2, 0.25) is 0 Å². The molecule has 0 aliphatic rings. The minimum Gasteiger partial charge on any atom is -0.478 e. The van der Waals surface area contributed by atoms with Crippen molar-refractivity contribution in [2.75, 3.05) is 26.0 Å². The van der Waals surface area contributed by atoms with E-state index in [4.69, 9.17) is 5.11 Å². The molecule has 0 spiro atoms. The van der Waals surface area contributed by atoms with Crippen LogP contribution in [0.1, 0.15) is 17.3 Å². The topological polar surface area (TPSA) is 81.7 Å². The third-order valence-corrected chi connectivity index (χ3v) is 2.92. The molecular weight excluding hydrogens is 265 g/mol. The number of nitrogens with one attached hydrogen (secondary N) is 2. The van der Waals surface area contributed by atoms with Crippen LogP contribution in [0.3, 0.4) is 0 Å². The molecule has 110 valence electrons. The summed E-state index contributed by atoms with van der Waals surface area (Å²) in [6.07, 6.45) is 0. The van der Waals surface area contributed by atoms with Gasteiger partial charge in [0, 0.05) is 12.6 Å². The number of carboxylic acids is 1. The van der Waals surface area contributed by atoms with Gasteiger partial charge in [0.25, 0.3) is 0 Å². The minimum absolute atomic E-state index is 0.0975. The third kappa shape index (κ3) is 4.20. The number of carbonyl (C=O) groups is 2. The van der Waals surface area contributed by atoms with Crippen LogP contribution in [-0.4, -0.2) is 48.7 Å². The molecule has 3 N–H and O–H groups in total. The summed E-state index contributed by atoms with van der Waals surface area (Å²) in [5, 5.41) is 13.7. The Labute approximate surface area is 116 Å². The zero-order valence-corrected chi connectivity index (χ0v) is 11.6. The lowest BCUT2D eigenvalue weighted by molar-refractivity contribution is 0.0697. The summed E-state index contributed by atoms with van der Waals surface area (Å²) >= 11 is 0. The number of para-hydroxylation sites is 1. The lowest BCUT2D eigenvalue weighted by Crippen LogP contribution is -2.40. The molecule has 0 saturated heterocycles. The molecule has 6 nitrogen and oxygen atoms in total. The fourth-order valence-corrected chi connectivity index (χ4v) is 1.41. The molecule has 0 aromatic heterocycles. The first-order valence-corrected chi connectivity index (χ1v) is 6.06. The fourth-order valence-electron chi connectivity index (χ4n) is 1.41. The van der Waals surface area contributed by atoms with Gasteiger partial charge in [-0.15, -0.1) is 0 Å². The SMILES string of the molecule is CC(CNC(=O)Nc1c(F)cccc1C(=O)O)N(C)C. The van der Waals surface area contributed by atoms with Crippen LogP contribution < -0.4 is 10.6 Å². The molecule has 0 radical (unpaired) electrons. The highest BCUT2D eigenvalue weighted by Gasteiger charge is 2.16. The Morgan fingerprint density at radius 1 is 1.40 bits per heavy atom. The predicted molar refractivity (Wildman–Crippen MR) is 73.5 cm³/mol. The zero-order chi connectivity index (χ0) is 15.3. The van der Waals surface area contributed by atoms with E-state index < -0.39 is 17.8 Å². The van der Waals surface area contributed by atoms with Gasteiger partial charge in [-0.2, -0.15) is 0 Å². The van der Waals surface area contributed by atoms with Crippen molar-refractivity contribution in [2.45, 2.75) is 13.0 Å². The first kappa shape index (κ1) is 15.9. The second-order valence-corrected chi connectivity index (χ2v) is 4.62. The number of nitrogens with zero attached hydrogens (tertiary/aromatic N) is 1. The van der Waals surface area contributed by atoms with Crippen LogP contribution in [0.25, 0.3) is 0 Å². The number of aromatic carboxylic acids is 1. The van der Waals surface area contributed by atoms with Crippen molar-refractivity contribution < 1.29 is 19.1 Å². The van der Waals surface area contributed by atoms with Crippen LogP contribution in [0.4, 0.5) is 14.9 Å². The molecule has 1 aromatic rings. The van der Waals surface area contributed by atoms with Crippen LogP contribution in [-0.2, 0) is 0 Å². The molecule has 1 unspecified atom stereocenters. The Bertz CT molecular complexity index is 506. The molecule has 20 heavy (non-hydrogen) atoms. The molecule has 7 heteroatoms. The number of benzene rings is 1. The van der Waals surface area contributed by atoms with Gasteiger partial charge in [0.1, 0.15) is 5.82 Å². The highest BCUT2D eigenvalue weighted by Crippen LogP contribution is 2.19. The van der Waals surface area contributed by atoms with Gasteiger partial charge in [0.15, 0.2) is 0 Å². The Morgan fingerprint density at radius 2 is 2.05 bits per heavy atom. The van der Waals surface area contributed by atoms with Crippen molar-refractivity contribution in [1.29, 1.82) is 0 Å². The van der Waals surface area contributed by atoms with Gasteiger partial charge < -0.3 is 20.6 Å². The van der Waals surface area contributed by atoms with Crippen molar-refractivity contribution in [3.05, 3.63) is 29.6 Å². The average Bonchev–Trinajstić information content (AvgIpc) is 2.37. The number of rotatable bonds is 5. The standard InChI is InChI=1S/C13H18FN3O3/c1-8(17(2)3)7-15-13(20)16-11-9(12(18)19)5-4-6-10(11)14/h4-6,8H,7H2,1-3H3,(H,18,19)(H2,15,16,20). The van der Waals surface area contributed by atoms with Crippen molar-refractivity contribution in [1.82, 2.24) is 10.2 Å². The number of urea groups is 1. The second-order valence-electron chi connectivity index (χ2n) is 4.62. The normalized spacial score (nSPS) is 12.1. The summed E-state index contributed by atoms with van der Waals surface area (Å²) in [4.78, 5) is 24.5. The molecule has 1 atom stereocenters. The number of likely N-dealkylation sites (N-methyl/N-ethyl adjacent to an activating group) is 1. The van der Waals surface area contributed by atoms with Crippen molar-refractivity contribution in [3.63, 3.8) is 0 Å². The molecule has 0 aliphatic heterocycles. The summed E-state index contributed by atoms with van der Waals surface area (Å²) in [6.45, 7) is 2.27. The Morgan fingerprint density at radius 3 is 2.60 bits per heavy atom. The van der Waals surface area contributed by atoms with Gasteiger partial charge in [-0.05, 0) is 33.2 Å². The van der Waals surface area contributed by atoms with Crippen molar-refractivity contribution in [3.8, 4) is 0 Å². The van der Waals surface area contributed by atoms with Crippen molar-refractivity contribution in [2.24, 2.45) is 0 Å². The zero-order valence-electron chi connectivity index (χ0n) is 11.6. The van der Waals surface area contributed by atoms with Crippen LogP contribution >= 0.6 is 0 Å². The van der Waals surface area contributed by atoms with E-state index in [0.29, 0.717) is 6.54 Å². The minimum atomic E-state index is -1.30. The maximum Gasteiger partial charge on any atom is 0.337 e. The summed E-state index contributed by atoms with van der Waals surface area (Å²) in [5.41, 5.74) is -0.629. The Hall–Kier alpha value is -2.15. The van der Waals surface area contributed by atoms with Gasteiger partial charge in [0.05, 0.1) is 11.3 Å². The largest absolute Gasteiger partial charge is 0.478 e. The molecule has 0 bridgehead atoms. The summed E-state index contributed by atoms with van der Waals surface area (Å²) in [7, 11) is 3.73. The highest BCUT2D eigenvalue weighted by molar-refractivity contribution is 6.00. The van der Waals surface area contributed by atoms with Crippen LogP contribution in [0, 0.1) is 5.82 Å². The van der Waals surface area contributed by atoms with E-state index >= 15 is 0 Å². The monoisotopic (exact) mass is 283 g/mol. The van der Waals surface area contributed by atoms with Gasteiger partial charge in [-0.3, -0.25) is 0 Å². The number of hydrogen-bond acceptors (Lipinski definition) is 3. The first-order chi connectivity index (χ1) is 9.32. The highest BCUT2D eigenvalue weighted by atomic mass is 19.1. The number of anilines is 1. The van der Waals surface area contributed by atoms with E-state index in [-0.39, 0.29) is 17.3 Å². The average molecular weight is 283 g/mol. The molecule has 1 rings (SSSR count). The Kier molecular flexibility index (Phi) is 5.45. The second kappa shape index (κ2) is 6.85. The molecule has 0 aliphatic carbocycles. The van der Waals surface area contributed by atoms with E-state index in [1.807, 2.05) is 25.9 Å². The third-order valence-electron chi connectivity index (χ3n) is 2.92. The molecule has 2 amide bonds. The summed E-state index contributed by atoms with van der Waals surface area (Å²) in [6, 6.07) is 3.04. The first-order valence-electron chi connectivity index (χ1n) is 6.06. The number of hydrogen-bond donors (Lipinski definition) is 3. The number of carbonyl (C=O) groups excluding carboxylic acids is 1. The summed E-state index contributed by atoms with van der Waals surface area (Å²) < 4.78 is 13.6. The number of halogens is 1. The van der Waals surface area contributed by atoms with E-state index in [1.54, 1.807) is 0 Å². The van der Waals surface area contributed by atoms with Gasteiger partial charge in [0.2, 0.25) is 0 Å². The number of amides is 2. The smallest absolute Gasteiger partial charge is 0.337 e. The lowest BCUT2D eigenvalue weighted by atomic mass is 10.1. The van der Waals surface area contributed by atoms with Gasteiger partial charge in [-0.1, -0.05) is 6.07 Å². The van der Waals surface area contributed by atoms with E-state index in [9.17, 15) is 14.0 Å². The van der Waals surface area contributed by atoms with Gasteiger partial charge in [-0.25, -0.2) is 14.0 Å². The quantitative estimate of drug-likeness (QED) is 0.766. The van der Waals surface area contributed by atoms with E-state index in [2.05, 4.69) is 10.6 Å². The van der Waals surface area contributed by atoms with Gasteiger partial charge >= 0.3 is 12.0 Å². The fraction of sp³-hybridized carbons (Fsp3) is 0.385. The molecule has 1 aromatic carbocycles.